The first-order chi connectivity index (χ1) is 29.7. The maximum Gasteiger partial charge on any atom is 0.272 e. The van der Waals surface area contributed by atoms with Crippen molar-refractivity contribution in [3.63, 3.8) is 0 Å². The van der Waals surface area contributed by atoms with Gasteiger partial charge in [0.2, 0.25) is 5.78 Å². The molecule has 0 radical (unpaired) electrons. The maximum atomic E-state index is 15.3. The molecule has 15 nitrogen and oxygen atoms in total. The molecule has 316 valence electrons. The van der Waals surface area contributed by atoms with E-state index in [2.05, 4.69) is 63.6 Å². The van der Waals surface area contributed by atoms with Crippen LogP contribution < -0.4 is 25.8 Å². The average molecular weight is 828 g/mol. The number of nitrogens with zero attached hydrogens (tertiary/aromatic N) is 8. The molecule has 4 fully saturated rings. The smallest absolute Gasteiger partial charge is 0.272 e. The zero-order chi connectivity index (χ0) is 42.0. The number of likely N-dealkylation sites (tertiary alicyclic amines) is 1. The molecule has 16 heteroatoms. The number of anilines is 3. The SMILES string of the molecule is Cc1cc(C(=O)Nc2cc3cn(C4CCN(CC5CCN(c6ccc(C(=O)N[C@H]7CCC(=C=O)NC7=C=O)c(F)c6)CC5)CC4)nc3cc2N2CCCCC2)n2ccnc2n1. The largest absolute Gasteiger partial charge is 0.371 e. The number of aryl methyl sites for hydroxylation is 1. The van der Waals surface area contributed by atoms with Crippen molar-refractivity contribution in [3.8, 4) is 0 Å². The van der Waals surface area contributed by atoms with E-state index in [0.717, 1.165) is 118 Å². The van der Waals surface area contributed by atoms with Crippen molar-refractivity contribution in [2.24, 2.45) is 5.92 Å². The number of rotatable bonds is 9. The fourth-order valence-corrected chi connectivity index (χ4v) is 9.44. The number of fused-ring (bicyclic) bond motifs is 2. The number of carbonyl (C=O) groups excluding carboxylic acids is 4. The Labute approximate surface area is 352 Å². The van der Waals surface area contributed by atoms with E-state index in [4.69, 9.17) is 5.10 Å². The first-order valence-electron chi connectivity index (χ1n) is 21.5. The Morgan fingerprint density at radius 1 is 0.902 bits per heavy atom. The first kappa shape index (κ1) is 40.1. The topological polar surface area (TPSA) is 162 Å². The summed E-state index contributed by atoms with van der Waals surface area (Å²) in [7, 11) is 0. The lowest BCUT2D eigenvalue weighted by atomic mass is 9.94. The van der Waals surface area contributed by atoms with E-state index < -0.39 is 17.8 Å². The highest BCUT2D eigenvalue weighted by atomic mass is 19.1. The van der Waals surface area contributed by atoms with Crippen molar-refractivity contribution in [1.82, 2.24) is 39.7 Å². The Hall–Kier alpha value is -6.34. The van der Waals surface area contributed by atoms with Crippen LogP contribution in [0.3, 0.4) is 0 Å². The van der Waals surface area contributed by atoms with Crippen LogP contribution in [0.4, 0.5) is 21.5 Å². The molecule has 4 aliphatic heterocycles. The number of hydrogen-bond donors (Lipinski definition) is 3. The van der Waals surface area contributed by atoms with Gasteiger partial charge in [0.05, 0.1) is 34.5 Å². The fourth-order valence-electron chi connectivity index (χ4n) is 9.44. The van der Waals surface area contributed by atoms with Gasteiger partial charge in [-0.1, -0.05) is 0 Å². The molecule has 2 aromatic carbocycles. The zero-order valence-electron chi connectivity index (χ0n) is 34.3. The van der Waals surface area contributed by atoms with E-state index in [1.54, 1.807) is 40.8 Å². The zero-order valence-corrected chi connectivity index (χ0v) is 34.3. The molecule has 0 spiro atoms. The predicted octanol–water partition coefficient (Wildman–Crippen LogP) is 5.24. The normalized spacial score (nSPS) is 19.5. The second-order valence-electron chi connectivity index (χ2n) is 16.8. The van der Waals surface area contributed by atoms with Crippen LogP contribution in [-0.2, 0) is 9.59 Å². The van der Waals surface area contributed by atoms with Gasteiger partial charge in [0.1, 0.15) is 34.8 Å². The van der Waals surface area contributed by atoms with Gasteiger partial charge in [-0.3, -0.25) is 18.7 Å². The van der Waals surface area contributed by atoms with Gasteiger partial charge < -0.3 is 30.7 Å². The Morgan fingerprint density at radius 2 is 1.70 bits per heavy atom. The number of nitrogens with one attached hydrogen (secondary N) is 3. The van der Waals surface area contributed by atoms with E-state index in [0.29, 0.717) is 30.2 Å². The van der Waals surface area contributed by atoms with E-state index in [-0.39, 0.29) is 28.9 Å². The molecule has 4 saturated heterocycles. The standard InChI is InChI=1S/C45H50FN11O4/c1-29-21-42(56-20-13-47-45(56)48-29)44(61)51-39-22-31-26-57(52-38(31)24-41(39)55-14-3-2-4-15-55)33-11-16-53(17-12-33)25-30-9-18-54(19-10-30)34-6-7-35(36(46)23-34)43(60)50-37-8-5-32(27-58)49-40(37)28-59/h6-7,13,20-24,26,30,33,37,49H,2-5,8-12,14-19,25H2,1H3,(H,50,60)(H,51,61)/t37-/m0/s1. The highest BCUT2D eigenvalue weighted by molar-refractivity contribution is 6.07. The molecular weight excluding hydrogens is 778 g/mol. The average Bonchev–Trinajstić information content (AvgIpc) is 3.94. The van der Waals surface area contributed by atoms with Crippen LogP contribution >= 0.6 is 0 Å². The van der Waals surface area contributed by atoms with Crippen LogP contribution in [0.25, 0.3) is 16.7 Å². The van der Waals surface area contributed by atoms with Gasteiger partial charge in [-0.2, -0.15) is 5.10 Å². The summed E-state index contributed by atoms with van der Waals surface area (Å²) in [6.45, 7) is 8.35. The van der Waals surface area contributed by atoms with Gasteiger partial charge >= 0.3 is 0 Å². The van der Waals surface area contributed by atoms with E-state index in [1.807, 2.05) is 6.92 Å². The lowest BCUT2D eigenvalue weighted by Crippen LogP contribution is -2.44. The summed E-state index contributed by atoms with van der Waals surface area (Å²) < 4.78 is 19.1. The molecule has 3 aromatic heterocycles. The number of allylic oxidation sites excluding steroid dienone is 1. The molecule has 0 aliphatic carbocycles. The molecule has 0 unspecified atom stereocenters. The van der Waals surface area contributed by atoms with Gasteiger partial charge in [0.15, 0.2) is 0 Å². The van der Waals surface area contributed by atoms with E-state index in [9.17, 15) is 19.2 Å². The first-order valence-corrected chi connectivity index (χ1v) is 21.5. The van der Waals surface area contributed by atoms with Crippen molar-refractivity contribution in [2.75, 3.05) is 60.9 Å². The molecule has 9 rings (SSSR count). The predicted molar refractivity (Wildman–Crippen MR) is 230 cm³/mol. The van der Waals surface area contributed by atoms with E-state index >= 15 is 4.39 Å². The molecular formula is C45H50FN11O4. The molecule has 0 saturated carbocycles. The summed E-state index contributed by atoms with van der Waals surface area (Å²) in [6, 6.07) is 10.3. The summed E-state index contributed by atoms with van der Waals surface area (Å²) in [5.41, 5.74) is 4.82. The summed E-state index contributed by atoms with van der Waals surface area (Å²) in [5, 5.41) is 14.7. The van der Waals surface area contributed by atoms with Gasteiger partial charge in [-0.05, 0) is 101 Å². The number of aromatic nitrogens is 5. The summed E-state index contributed by atoms with van der Waals surface area (Å²) in [4.78, 5) is 64.9. The van der Waals surface area contributed by atoms with Gasteiger partial charge in [0.25, 0.3) is 11.8 Å². The number of carbonyl (C=O) groups is 2. The number of piperidine rings is 4. The van der Waals surface area contributed by atoms with Crippen molar-refractivity contribution >= 4 is 57.4 Å². The molecule has 4 aliphatic rings. The summed E-state index contributed by atoms with van der Waals surface area (Å²) in [6.07, 6.45) is 13.6. The van der Waals surface area contributed by atoms with Crippen LogP contribution in [-0.4, -0.2) is 105 Å². The number of benzene rings is 2. The van der Waals surface area contributed by atoms with E-state index in [1.165, 1.54) is 18.6 Å². The van der Waals surface area contributed by atoms with Gasteiger partial charge in [-0.15, -0.1) is 0 Å². The van der Waals surface area contributed by atoms with Crippen molar-refractivity contribution < 1.29 is 23.6 Å². The molecule has 5 aromatic rings. The Morgan fingerprint density at radius 3 is 2.46 bits per heavy atom. The molecule has 7 heterocycles. The maximum absolute atomic E-state index is 15.3. The molecule has 1 atom stereocenters. The van der Waals surface area contributed by atoms with Crippen LogP contribution in [0.1, 0.15) is 90.4 Å². The van der Waals surface area contributed by atoms with Crippen molar-refractivity contribution in [1.29, 1.82) is 0 Å². The second-order valence-corrected chi connectivity index (χ2v) is 16.8. The Kier molecular flexibility index (Phi) is 11.4. The minimum atomic E-state index is -0.690. The van der Waals surface area contributed by atoms with Crippen molar-refractivity contribution in [2.45, 2.75) is 76.8 Å². The fraction of sp³-hybridized carbons (Fsp3) is 0.444. The lowest BCUT2D eigenvalue weighted by molar-refractivity contribution is 0.0934. The lowest BCUT2D eigenvalue weighted by Gasteiger charge is -2.38. The third-order valence-electron chi connectivity index (χ3n) is 12.8. The summed E-state index contributed by atoms with van der Waals surface area (Å²) in [5.74, 6) is 3.04. The Balaban J connectivity index is 0.795. The van der Waals surface area contributed by atoms with Crippen LogP contribution in [0.5, 0.6) is 0 Å². The second kappa shape index (κ2) is 17.3. The van der Waals surface area contributed by atoms with Crippen LogP contribution in [0, 0.1) is 18.7 Å². The summed E-state index contributed by atoms with van der Waals surface area (Å²) >= 11 is 0. The highest BCUT2D eigenvalue weighted by Crippen LogP contribution is 2.35. The minimum absolute atomic E-state index is 0.0315. The molecule has 61 heavy (non-hydrogen) atoms. The number of imidazole rings is 1. The highest BCUT2D eigenvalue weighted by Gasteiger charge is 2.29. The van der Waals surface area contributed by atoms with Gasteiger partial charge in [-0.25, -0.2) is 23.9 Å². The third-order valence-corrected chi connectivity index (χ3v) is 12.8. The third kappa shape index (κ3) is 8.52. The molecule has 2 amide bonds. The molecule has 3 N–H and O–H groups in total. The van der Waals surface area contributed by atoms with Crippen LogP contribution in [0.2, 0.25) is 0 Å². The quantitative estimate of drug-likeness (QED) is 0.167. The number of halogens is 1. The van der Waals surface area contributed by atoms with Gasteiger partial charge in [0, 0.05) is 87.6 Å². The van der Waals surface area contributed by atoms with Crippen molar-refractivity contribution in [3.05, 3.63) is 89.2 Å². The monoisotopic (exact) mass is 827 g/mol. The van der Waals surface area contributed by atoms with Crippen LogP contribution in [0.15, 0.2) is 66.4 Å². The number of amides is 2. The Bertz CT molecular complexity index is 2570. The number of hydrogen-bond acceptors (Lipinski definition) is 11. The molecule has 0 bridgehead atoms. The minimum Gasteiger partial charge on any atom is -0.371 e.